The fraction of sp³-hybridized carbons (Fsp3) is 0. The number of amides is 1. The number of rotatable bonds is 2. The van der Waals surface area contributed by atoms with Crippen LogP contribution in [0.15, 0.2) is 76.6 Å². The van der Waals surface area contributed by atoms with Crippen LogP contribution in [0.25, 0.3) is 16.8 Å². The van der Waals surface area contributed by atoms with Gasteiger partial charge in [0.2, 0.25) is 0 Å². The van der Waals surface area contributed by atoms with E-state index in [1.54, 1.807) is 6.07 Å². The van der Waals surface area contributed by atoms with E-state index in [0.29, 0.717) is 20.8 Å². The van der Waals surface area contributed by atoms with Crippen LogP contribution in [0.2, 0.25) is 5.02 Å². The van der Waals surface area contributed by atoms with E-state index in [1.165, 1.54) is 11.8 Å². The number of carbonyl (C=O) groups excluding carboxylic acids is 1. The summed E-state index contributed by atoms with van der Waals surface area (Å²) in [6, 6.07) is 21.5. The van der Waals surface area contributed by atoms with Gasteiger partial charge < -0.3 is 5.32 Å². The van der Waals surface area contributed by atoms with E-state index in [9.17, 15) is 4.79 Å². The Labute approximate surface area is 154 Å². The highest BCUT2D eigenvalue weighted by atomic mass is 35.5. The number of aliphatic imine (C=N–C) groups is 1. The summed E-state index contributed by atoms with van der Waals surface area (Å²) in [6.45, 7) is 0. The number of benzene rings is 3. The Balaban J connectivity index is 1.69. The van der Waals surface area contributed by atoms with Crippen molar-refractivity contribution in [2.75, 3.05) is 0 Å². The first-order chi connectivity index (χ1) is 12.2. The van der Waals surface area contributed by atoms with Crippen molar-refractivity contribution in [2.24, 2.45) is 4.99 Å². The molecule has 1 fully saturated rings. The molecule has 0 saturated carbocycles. The van der Waals surface area contributed by atoms with Gasteiger partial charge in [-0.05, 0) is 46.3 Å². The second-order valence-corrected chi connectivity index (χ2v) is 6.94. The minimum atomic E-state index is -0.149. The van der Waals surface area contributed by atoms with Gasteiger partial charge in [0, 0.05) is 0 Å². The lowest BCUT2D eigenvalue weighted by molar-refractivity contribution is -0.115. The van der Waals surface area contributed by atoms with Gasteiger partial charge in [0.15, 0.2) is 5.17 Å². The van der Waals surface area contributed by atoms with E-state index in [1.807, 2.05) is 48.5 Å². The molecule has 5 heteroatoms. The van der Waals surface area contributed by atoms with Gasteiger partial charge in [-0.2, -0.15) is 0 Å². The summed E-state index contributed by atoms with van der Waals surface area (Å²) in [7, 11) is 0. The van der Waals surface area contributed by atoms with Crippen LogP contribution in [0.3, 0.4) is 0 Å². The molecule has 0 spiro atoms. The van der Waals surface area contributed by atoms with Crippen LogP contribution in [-0.4, -0.2) is 11.1 Å². The average molecular weight is 365 g/mol. The molecule has 0 radical (unpaired) electrons. The molecule has 1 heterocycles. The Morgan fingerprint density at radius 2 is 1.72 bits per heavy atom. The topological polar surface area (TPSA) is 41.5 Å². The maximum Gasteiger partial charge on any atom is 0.264 e. The summed E-state index contributed by atoms with van der Waals surface area (Å²) in [5.41, 5.74) is 1.65. The third-order valence-corrected chi connectivity index (χ3v) is 5.06. The molecule has 1 aliphatic heterocycles. The molecule has 25 heavy (non-hydrogen) atoms. The number of thioether (sulfide) groups is 1. The maximum atomic E-state index is 12.3. The van der Waals surface area contributed by atoms with Gasteiger partial charge >= 0.3 is 0 Å². The van der Waals surface area contributed by atoms with Crippen molar-refractivity contribution in [3.05, 3.63) is 82.2 Å². The molecule has 1 aliphatic rings. The first-order valence-corrected chi connectivity index (χ1v) is 8.92. The van der Waals surface area contributed by atoms with Gasteiger partial charge in [0.05, 0.1) is 15.6 Å². The van der Waals surface area contributed by atoms with Crippen molar-refractivity contribution >= 4 is 57.0 Å². The standard InChI is InChI=1S/C20H13ClN2OS/c21-16-10-3-4-11-17(16)22-20-23-19(24)18(25-20)12-14-8-5-7-13-6-1-2-9-15(13)14/h1-12H,(H,22,23,24). The predicted octanol–water partition coefficient (Wildman–Crippen LogP) is 5.38. The number of halogens is 1. The summed E-state index contributed by atoms with van der Waals surface area (Å²) in [5.74, 6) is -0.149. The Hall–Kier alpha value is -2.56. The lowest BCUT2D eigenvalue weighted by Gasteiger charge is -2.02. The van der Waals surface area contributed by atoms with Crippen LogP contribution in [0.1, 0.15) is 5.56 Å². The summed E-state index contributed by atoms with van der Waals surface area (Å²) >= 11 is 7.44. The SMILES string of the molecule is O=C1NC(=Nc2ccccc2Cl)SC1=Cc1cccc2ccccc12. The number of para-hydroxylation sites is 1. The highest BCUT2D eigenvalue weighted by Gasteiger charge is 2.24. The molecule has 4 rings (SSSR count). The Kier molecular flexibility index (Phi) is 4.30. The number of carbonyl (C=O) groups is 1. The number of amidine groups is 1. The Morgan fingerprint density at radius 1 is 0.960 bits per heavy atom. The normalized spacial score (nSPS) is 17.4. The summed E-state index contributed by atoms with van der Waals surface area (Å²) < 4.78 is 0. The molecular formula is C20H13ClN2OS. The lowest BCUT2D eigenvalue weighted by Crippen LogP contribution is -2.19. The fourth-order valence-electron chi connectivity index (χ4n) is 2.65. The van der Waals surface area contributed by atoms with Gasteiger partial charge in [-0.3, -0.25) is 4.79 Å². The molecule has 1 amide bonds. The van der Waals surface area contributed by atoms with Crippen LogP contribution < -0.4 is 5.32 Å². The minimum Gasteiger partial charge on any atom is -0.300 e. The second kappa shape index (κ2) is 6.75. The summed E-state index contributed by atoms with van der Waals surface area (Å²) in [6.07, 6.45) is 1.90. The molecule has 0 atom stereocenters. The molecule has 1 saturated heterocycles. The first-order valence-electron chi connectivity index (χ1n) is 7.72. The van der Waals surface area contributed by atoms with E-state index >= 15 is 0 Å². The van der Waals surface area contributed by atoms with Crippen LogP contribution in [0.4, 0.5) is 5.69 Å². The largest absolute Gasteiger partial charge is 0.300 e. The predicted molar refractivity (Wildman–Crippen MR) is 106 cm³/mol. The smallest absolute Gasteiger partial charge is 0.264 e. The van der Waals surface area contributed by atoms with Crippen molar-refractivity contribution in [2.45, 2.75) is 0 Å². The highest BCUT2D eigenvalue weighted by molar-refractivity contribution is 8.18. The van der Waals surface area contributed by atoms with Gasteiger partial charge in [-0.25, -0.2) is 4.99 Å². The van der Waals surface area contributed by atoms with E-state index < -0.39 is 0 Å². The number of hydrogen-bond acceptors (Lipinski definition) is 3. The average Bonchev–Trinajstić information content (AvgIpc) is 2.97. The van der Waals surface area contributed by atoms with Crippen LogP contribution >= 0.6 is 23.4 Å². The van der Waals surface area contributed by atoms with Crippen molar-refractivity contribution in [3.63, 3.8) is 0 Å². The minimum absolute atomic E-state index is 0.149. The van der Waals surface area contributed by atoms with E-state index in [-0.39, 0.29) is 5.91 Å². The van der Waals surface area contributed by atoms with Crippen LogP contribution in [0, 0.1) is 0 Å². The highest BCUT2D eigenvalue weighted by Crippen LogP contribution is 2.31. The van der Waals surface area contributed by atoms with Crippen molar-refractivity contribution < 1.29 is 4.79 Å². The third-order valence-electron chi connectivity index (χ3n) is 3.84. The summed E-state index contributed by atoms with van der Waals surface area (Å²) in [5, 5.41) is 6.14. The molecule has 0 aromatic heterocycles. The Morgan fingerprint density at radius 3 is 2.60 bits per heavy atom. The zero-order chi connectivity index (χ0) is 17.2. The summed E-state index contributed by atoms with van der Waals surface area (Å²) in [4.78, 5) is 17.3. The van der Waals surface area contributed by atoms with E-state index in [2.05, 4.69) is 28.5 Å². The molecule has 3 aromatic rings. The van der Waals surface area contributed by atoms with E-state index in [4.69, 9.17) is 11.6 Å². The zero-order valence-electron chi connectivity index (χ0n) is 13.1. The maximum absolute atomic E-state index is 12.3. The second-order valence-electron chi connectivity index (χ2n) is 5.50. The molecule has 3 aromatic carbocycles. The van der Waals surface area contributed by atoms with Crippen LogP contribution in [-0.2, 0) is 4.79 Å². The molecular weight excluding hydrogens is 352 g/mol. The van der Waals surface area contributed by atoms with E-state index in [0.717, 1.165) is 16.3 Å². The number of hydrogen-bond donors (Lipinski definition) is 1. The quantitative estimate of drug-likeness (QED) is 0.620. The monoisotopic (exact) mass is 364 g/mol. The van der Waals surface area contributed by atoms with Gasteiger partial charge in [0.25, 0.3) is 5.91 Å². The number of fused-ring (bicyclic) bond motifs is 1. The fourth-order valence-corrected chi connectivity index (χ4v) is 3.65. The first kappa shape index (κ1) is 15.9. The van der Waals surface area contributed by atoms with Crippen molar-refractivity contribution in [3.8, 4) is 0 Å². The zero-order valence-corrected chi connectivity index (χ0v) is 14.6. The molecule has 3 nitrogen and oxygen atoms in total. The lowest BCUT2D eigenvalue weighted by atomic mass is 10.0. The van der Waals surface area contributed by atoms with Crippen molar-refractivity contribution in [1.29, 1.82) is 0 Å². The number of nitrogens with one attached hydrogen (secondary N) is 1. The van der Waals surface area contributed by atoms with Crippen LogP contribution in [0.5, 0.6) is 0 Å². The molecule has 122 valence electrons. The van der Waals surface area contributed by atoms with Gasteiger partial charge in [-0.15, -0.1) is 0 Å². The molecule has 0 aliphatic carbocycles. The Bertz CT molecular complexity index is 1040. The van der Waals surface area contributed by atoms with Gasteiger partial charge in [-0.1, -0.05) is 66.2 Å². The van der Waals surface area contributed by atoms with Crippen molar-refractivity contribution in [1.82, 2.24) is 5.32 Å². The number of nitrogens with zero attached hydrogens (tertiary/aromatic N) is 1. The molecule has 0 bridgehead atoms. The van der Waals surface area contributed by atoms with Gasteiger partial charge in [0.1, 0.15) is 0 Å². The molecule has 0 unspecified atom stereocenters. The molecule has 1 N–H and O–H groups in total. The third kappa shape index (κ3) is 3.31.